The standard InChI is InChI=1S/C11H14N2S2/c1-8(6-10-4-3-5-15-10)13-9(2)7-12-11(13)14/h3-5,7-8H,6H2,1-2H3,(H,12,14). The molecule has 2 heterocycles. The van der Waals surface area contributed by atoms with Gasteiger partial charge in [-0.2, -0.15) is 0 Å². The summed E-state index contributed by atoms with van der Waals surface area (Å²) in [5, 5.41) is 2.12. The summed E-state index contributed by atoms with van der Waals surface area (Å²) in [7, 11) is 0. The highest BCUT2D eigenvalue weighted by atomic mass is 32.1. The highest BCUT2D eigenvalue weighted by Gasteiger charge is 2.09. The summed E-state index contributed by atoms with van der Waals surface area (Å²) in [5.41, 5.74) is 1.20. The maximum Gasteiger partial charge on any atom is 0.177 e. The lowest BCUT2D eigenvalue weighted by Gasteiger charge is -2.14. The van der Waals surface area contributed by atoms with E-state index < -0.39 is 0 Å². The molecule has 0 fully saturated rings. The van der Waals surface area contributed by atoms with E-state index in [4.69, 9.17) is 12.2 Å². The van der Waals surface area contributed by atoms with Crippen molar-refractivity contribution in [3.8, 4) is 0 Å². The Morgan fingerprint density at radius 3 is 2.93 bits per heavy atom. The van der Waals surface area contributed by atoms with E-state index in [1.807, 2.05) is 6.20 Å². The van der Waals surface area contributed by atoms with Crippen molar-refractivity contribution in [1.29, 1.82) is 0 Å². The van der Waals surface area contributed by atoms with Gasteiger partial charge in [0.15, 0.2) is 4.77 Å². The monoisotopic (exact) mass is 238 g/mol. The van der Waals surface area contributed by atoms with Gasteiger partial charge < -0.3 is 9.55 Å². The van der Waals surface area contributed by atoms with Crippen LogP contribution in [0.3, 0.4) is 0 Å². The molecule has 0 aliphatic carbocycles. The molecule has 15 heavy (non-hydrogen) atoms. The molecular weight excluding hydrogens is 224 g/mol. The second kappa shape index (κ2) is 4.33. The summed E-state index contributed by atoms with van der Waals surface area (Å²) in [6.45, 7) is 4.29. The number of aryl methyl sites for hydroxylation is 1. The Labute approximate surface area is 98.6 Å². The van der Waals surface area contributed by atoms with E-state index in [1.54, 1.807) is 11.3 Å². The lowest BCUT2D eigenvalue weighted by atomic mass is 10.2. The zero-order valence-corrected chi connectivity index (χ0v) is 10.5. The molecule has 0 bridgehead atoms. The minimum absolute atomic E-state index is 0.419. The average molecular weight is 238 g/mol. The largest absolute Gasteiger partial charge is 0.337 e. The summed E-state index contributed by atoms with van der Waals surface area (Å²) in [4.78, 5) is 4.49. The summed E-state index contributed by atoms with van der Waals surface area (Å²) in [6, 6.07) is 4.69. The summed E-state index contributed by atoms with van der Waals surface area (Å²) in [5.74, 6) is 0. The Hall–Kier alpha value is -0.870. The second-order valence-corrected chi connectivity index (χ2v) is 5.16. The van der Waals surface area contributed by atoms with Gasteiger partial charge in [0.05, 0.1) is 0 Å². The number of aromatic amines is 1. The third-order valence-electron chi connectivity index (χ3n) is 2.52. The zero-order valence-electron chi connectivity index (χ0n) is 8.86. The van der Waals surface area contributed by atoms with Crippen molar-refractivity contribution < 1.29 is 0 Å². The Morgan fingerprint density at radius 2 is 2.40 bits per heavy atom. The number of aromatic nitrogens is 2. The van der Waals surface area contributed by atoms with Crippen LogP contribution in [0.15, 0.2) is 23.7 Å². The number of hydrogen-bond donors (Lipinski definition) is 1. The van der Waals surface area contributed by atoms with Crippen LogP contribution >= 0.6 is 23.6 Å². The molecule has 0 aromatic carbocycles. The van der Waals surface area contributed by atoms with Gasteiger partial charge in [-0.1, -0.05) is 6.07 Å². The third kappa shape index (κ3) is 2.21. The molecule has 0 spiro atoms. The maximum atomic E-state index is 5.26. The van der Waals surface area contributed by atoms with Crippen molar-refractivity contribution in [3.63, 3.8) is 0 Å². The minimum Gasteiger partial charge on any atom is -0.337 e. The van der Waals surface area contributed by atoms with Crippen molar-refractivity contribution in [1.82, 2.24) is 9.55 Å². The normalized spacial score (nSPS) is 12.9. The highest BCUT2D eigenvalue weighted by molar-refractivity contribution is 7.71. The van der Waals surface area contributed by atoms with E-state index in [1.165, 1.54) is 10.6 Å². The van der Waals surface area contributed by atoms with Crippen LogP contribution in [-0.4, -0.2) is 9.55 Å². The van der Waals surface area contributed by atoms with Crippen LogP contribution in [0.25, 0.3) is 0 Å². The van der Waals surface area contributed by atoms with E-state index in [-0.39, 0.29) is 0 Å². The van der Waals surface area contributed by atoms with Gasteiger partial charge in [-0.3, -0.25) is 0 Å². The molecule has 0 radical (unpaired) electrons. The van der Waals surface area contributed by atoms with Gasteiger partial charge >= 0.3 is 0 Å². The molecular formula is C11H14N2S2. The van der Waals surface area contributed by atoms with Crippen LogP contribution in [0.2, 0.25) is 0 Å². The topological polar surface area (TPSA) is 20.7 Å². The van der Waals surface area contributed by atoms with Crippen molar-refractivity contribution in [2.75, 3.05) is 0 Å². The summed E-state index contributed by atoms with van der Waals surface area (Å²) >= 11 is 7.06. The number of H-pyrrole nitrogens is 1. The maximum absolute atomic E-state index is 5.26. The Kier molecular flexibility index (Phi) is 3.07. The van der Waals surface area contributed by atoms with Gasteiger partial charge in [0.25, 0.3) is 0 Å². The third-order valence-corrected chi connectivity index (χ3v) is 3.73. The predicted octanol–water partition coefficient (Wildman–Crippen LogP) is 3.72. The number of nitrogens with zero attached hydrogens (tertiary/aromatic N) is 1. The number of nitrogens with one attached hydrogen (secondary N) is 1. The second-order valence-electron chi connectivity index (χ2n) is 3.74. The summed E-state index contributed by atoms with van der Waals surface area (Å²) in [6.07, 6.45) is 3.01. The molecule has 0 saturated carbocycles. The van der Waals surface area contributed by atoms with E-state index in [2.05, 4.69) is 40.9 Å². The quantitative estimate of drug-likeness (QED) is 0.808. The molecule has 2 nitrogen and oxygen atoms in total. The lowest BCUT2D eigenvalue weighted by molar-refractivity contribution is 0.531. The van der Waals surface area contributed by atoms with Gasteiger partial charge in [-0.05, 0) is 37.5 Å². The van der Waals surface area contributed by atoms with E-state index in [9.17, 15) is 0 Å². The highest BCUT2D eigenvalue weighted by Crippen LogP contribution is 2.19. The van der Waals surface area contributed by atoms with Crippen molar-refractivity contribution in [3.05, 3.63) is 39.1 Å². The number of thiophene rings is 1. The molecule has 4 heteroatoms. The van der Waals surface area contributed by atoms with E-state index >= 15 is 0 Å². The minimum atomic E-state index is 0.419. The predicted molar refractivity (Wildman–Crippen MR) is 67.1 cm³/mol. The molecule has 0 amide bonds. The molecule has 0 saturated heterocycles. The van der Waals surface area contributed by atoms with Crippen molar-refractivity contribution in [2.24, 2.45) is 0 Å². The van der Waals surface area contributed by atoms with Crippen LogP contribution in [0.1, 0.15) is 23.5 Å². The van der Waals surface area contributed by atoms with Crippen LogP contribution in [0.5, 0.6) is 0 Å². The van der Waals surface area contributed by atoms with Gasteiger partial charge in [-0.25, -0.2) is 0 Å². The van der Waals surface area contributed by atoms with Gasteiger partial charge in [0.2, 0.25) is 0 Å². The zero-order chi connectivity index (χ0) is 10.8. The summed E-state index contributed by atoms with van der Waals surface area (Å²) < 4.78 is 2.99. The smallest absolute Gasteiger partial charge is 0.177 e. The first-order valence-electron chi connectivity index (χ1n) is 4.97. The SMILES string of the molecule is Cc1c[nH]c(=S)n1C(C)Cc1cccs1. The molecule has 0 aliphatic heterocycles. The lowest BCUT2D eigenvalue weighted by Crippen LogP contribution is -2.09. The number of imidazole rings is 1. The molecule has 0 aliphatic rings. The van der Waals surface area contributed by atoms with Gasteiger partial charge in [0.1, 0.15) is 0 Å². The van der Waals surface area contributed by atoms with Crippen molar-refractivity contribution >= 4 is 23.6 Å². The van der Waals surface area contributed by atoms with Crippen LogP contribution in [-0.2, 0) is 6.42 Å². The first-order valence-corrected chi connectivity index (χ1v) is 6.26. The van der Waals surface area contributed by atoms with E-state index in [0.717, 1.165) is 11.2 Å². The van der Waals surface area contributed by atoms with E-state index in [0.29, 0.717) is 6.04 Å². The Bertz CT molecular complexity index is 479. The Balaban J connectivity index is 2.22. The molecule has 2 aromatic rings. The van der Waals surface area contributed by atoms with Crippen LogP contribution < -0.4 is 0 Å². The Morgan fingerprint density at radius 1 is 1.60 bits per heavy atom. The van der Waals surface area contributed by atoms with Crippen molar-refractivity contribution in [2.45, 2.75) is 26.3 Å². The molecule has 1 N–H and O–H groups in total. The number of hydrogen-bond acceptors (Lipinski definition) is 2. The van der Waals surface area contributed by atoms with Gasteiger partial charge in [0, 0.05) is 29.2 Å². The molecule has 2 rings (SSSR count). The fourth-order valence-corrected chi connectivity index (χ4v) is 3.03. The van der Waals surface area contributed by atoms with Gasteiger partial charge in [-0.15, -0.1) is 11.3 Å². The molecule has 1 atom stereocenters. The fraction of sp³-hybridized carbons (Fsp3) is 0.364. The average Bonchev–Trinajstić information content (AvgIpc) is 2.77. The molecule has 80 valence electrons. The number of rotatable bonds is 3. The first kappa shape index (κ1) is 10.6. The first-order chi connectivity index (χ1) is 7.18. The molecule has 1 unspecified atom stereocenters. The fourth-order valence-electron chi connectivity index (χ4n) is 1.82. The van der Waals surface area contributed by atoms with Crippen LogP contribution in [0, 0.1) is 11.7 Å². The molecule has 2 aromatic heterocycles. The van der Waals surface area contributed by atoms with Crippen LogP contribution in [0.4, 0.5) is 0 Å².